The highest BCUT2D eigenvalue weighted by atomic mass is 35.5. The molecule has 1 aromatic rings. The molecule has 0 saturated heterocycles. The van der Waals surface area contributed by atoms with E-state index in [1.165, 1.54) is 6.07 Å². The molecule has 0 bridgehead atoms. The minimum atomic E-state index is -0.416. The first-order chi connectivity index (χ1) is 6.52. The Morgan fingerprint density at radius 3 is 2.67 bits per heavy atom. The summed E-state index contributed by atoms with van der Waals surface area (Å²) in [6.07, 6.45) is 0.542. The molecular weight excluding hydrogens is 236 g/mol. The predicted molar refractivity (Wildman–Crippen MR) is 65.0 cm³/mol. The Kier molecular flexibility index (Phi) is 5.88. The van der Waals surface area contributed by atoms with Gasteiger partial charge in [0.2, 0.25) is 0 Å². The molecular formula is C11H14Cl2FN. The van der Waals surface area contributed by atoms with E-state index in [0.29, 0.717) is 17.0 Å². The van der Waals surface area contributed by atoms with Crippen LogP contribution in [0.4, 0.5) is 4.39 Å². The summed E-state index contributed by atoms with van der Waals surface area (Å²) in [6, 6.07) is 4.15. The van der Waals surface area contributed by atoms with Crippen LogP contribution in [-0.4, -0.2) is 0 Å². The number of nitrogens with two attached hydrogens (primary N) is 1. The zero-order chi connectivity index (χ0) is 10.7. The molecule has 0 aliphatic carbocycles. The molecule has 2 N–H and O–H groups in total. The van der Waals surface area contributed by atoms with Crippen LogP contribution in [0.15, 0.2) is 30.4 Å². The van der Waals surface area contributed by atoms with Gasteiger partial charge in [0.05, 0.1) is 0 Å². The summed E-state index contributed by atoms with van der Waals surface area (Å²) >= 11 is 5.86. The highest BCUT2D eigenvalue weighted by Crippen LogP contribution is 2.27. The lowest BCUT2D eigenvalue weighted by atomic mass is 10.0. The van der Waals surface area contributed by atoms with Crippen LogP contribution in [0.25, 0.3) is 0 Å². The Bertz CT molecular complexity index is 332. The maximum Gasteiger partial charge on any atom is 0.129 e. The van der Waals surface area contributed by atoms with Crippen LogP contribution in [0.1, 0.15) is 24.9 Å². The van der Waals surface area contributed by atoms with Gasteiger partial charge in [-0.3, -0.25) is 0 Å². The average Bonchev–Trinajstić information content (AvgIpc) is 2.01. The lowest BCUT2D eigenvalue weighted by Crippen LogP contribution is -2.12. The molecule has 0 saturated carbocycles. The summed E-state index contributed by atoms with van der Waals surface area (Å²) in [5.41, 5.74) is 7.10. The van der Waals surface area contributed by atoms with Gasteiger partial charge in [0.15, 0.2) is 0 Å². The molecule has 0 aromatic heterocycles. The standard InChI is InChI=1S/C11H13ClFN.ClH/c1-7(2)6-10(14)11-8(12)4-3-5-9(11)13;/h3-5,10H,1,6,14H2,2H3;1H/t10-;/m1./s1. The van der Waals surface area contributed by atoms with Crippen molar-refractivity contribution < 1.29 is 4.39 Å². The Hall–Kier alpha value is -0.570. The third-order valence-corrected chi connectivity index (χ3v) is 2.27. The molecule has 1 rings (SSSR count). The smallest absolute Gasteiger partial charge is 0.129 e. The van der Waals surface area contributed by atoms with Gasteiger partial charge in [0.1, 0.15) is 5.82 Å². The van der Waals surface area contributed by atoms with Crippen molar-refractivity contribution in [1.82, 2.24) is 0 Å². The summed E-state index contributed by atoms with van der Waals surface area (Å²) in [6.45, 7) is 5.59. The number of hydrogen-bond donors (Lipinski definition) is 1. The van der Waals surface area contributed by atoms with Gasteiger partial charge in [-0.15, -0.1) is 19.0 Å². The van der Waals surface area contributed by atoms with E-state index < -0.39 is 6.04 Å². The molecule has 1 aromatic carbocycles. The fourth-order valence-electron chi connectivity index (χ4n) is 1.34. The van der Waals surface area contributed by atoms with E-state index in [1.54, 1.807) is 12.1 Å². The molecule has 84 valence electrons. The maximum absolute atomic E-state index is 13.4. The van der Waals surface area contributed by atoms with Gasteiger partial charge in [-0.1, -0.05) is 23.2 Å². The van der Waals surface area contributed by atoms with Crippen molar-refractivity contribution in [3.8, 4) is 0 Å². The number of benzene rings is 1. The molecule has 1 atom stereocenters. The second kappa shape index (κ2) is 6.11. The summed E-state index contributed by atoms with van der Waals surface area (Å²) in [5.74, 6) is -0.355. The first-order valence-corrected chi connectivity index (χ1v) is 4.74. The van der Waals surface area contributed by atoms with Gasteiger partial charge in [-0.05, 0) is 25.5 Å². The first-order valence-electron chi connectivity index (χ1n) is 4.36. The number of hydrogen-bond acceptors (Lipinski definition) is 1. The quantitative estimate of drug-likeness (QED) is 0.809. The molecule has 0 fully saturated rings. The van der Waals surface area contributed by atoms with Gasteiger partial charge in [-0.2, -0.15) is 0 Å². The second-order valence-corrected chi connectivity index (χ2v) is 3.81. The number of halogens is 3. The van der Waals surface area contributed by atoms with Crippen molar-refractivity contribution in [2.75, 3.05) is 0 Å². The normalized spacial score (nSPS) is 11.7. The first kappa shape index (κ1) is 14.4. The lowest BCUT2D eigenvalue weighted by molar-refractivity contribution is 0.580. The van der Waals surface area contributed by atoms with Crippen LogP contribution in [0.3, 0.4) is 0 Å². The van der Waals surface area contributed by atoms with Crippen LogP contribution in [-0.2, 0) is 0 Å². The van der Waals surface area contributed by atoms with Crippen molar-refractivity contribution in [2.45, 2.75) is 19.4 Å². The van der Waals surface area contributed by atoms with Crippen molar-refractivity contribution in [1.29, 1.82) is 0 Å². The van der Waals surface area contributed by atoms with Crippen molar-refractivity contribution >= 4 is 24.0 Å². The topological polar surface area (TPSA) is 26.0 Å². The van der Waals surface area contributed by atoms with Gasteiger partial charge in [0.25, 0.3) is 0 Å². The summed E-state index contributed by atoms with van der Waals surface area (Å²) < 4.78 is 13.4. The fourth-order valence-corrected chi connectivity index (χ4v) is 1.65. The van der Waals surface area contributed by atoms with Gasteiger partial charge >= 0.3 is 0 Å². The van der Waals surface area contributed by atoms with E-state index in [9.17, 15) is 4.39 Å². The summed E-state index contributed by atoms with van der Waals surface area (Å²) in [4.78, 5) is 0. The predicted octanol–water partition coefficient (Wildman–Crippen LogP) is 3.87. The molecule has 0 aliphatic rings. The van der Waals surface area contributed by atoms with Crippen LogP contribution < -0.4 is 5.73 Å². The third-order valence-electron chi connectivity index (χ3n) is 1.94. The van der Waals surface area contributed by atoms with Crippen LogP contribution in [0.5, 0.6) is 0 Å². The van der Waals surface area contributed by atoms with E-state index >= 15 is 0 Å². The molecule has 0 spiro atoms. The fraction of sp³-hybridized carbons (Fsp3) is 0.273. The van der Waals surface area contributed by atoms with Crippen molar-refractivity contribution in [2.24, 2.45) is 5.73 Å². The zero-order valence-corrected chi connectivity index (χ0v) is 10.0. The minimum Gasteiger partial charge on any atom is -0.324 e. The Morgan fingerprint density at radius 2 is 2.20 bits per heavy atom. The van der Waals surface area contributed by atoms with Crippen molar-refractivity contribution in [3.63, 3.8) is 0 Å². The maximum atomic E-state index is 13.4. The van der Waals surface area contributed by atoms with E-state index in [2.05, 4.69) is 6.58 Å². The minimum absolute atomic E-state index is 0. The van der Waals surface area contributed by atoms with Crippen molar-refractivity contribution in [3.05, 3.63) is 46.8 Å². The largest absolute Gasteiger partial charge is 0.324 e. The molecule has 1 nitrogen and oxygen atoms in total. The highest BCUT2D eigenvalue weighted by Gasteiger charge is 2.14. The molecule has 15 heavy (non-hydrogen) atoms. The highest BCUT2D eigenvalue weighted by molar-refractivity contribution is 6.31. The molecule has 0 amide bonds. The second-order valence-electron chi connectivity index (χ2n) is 3.40. The van der Waals surface area contributed by atoms with E-state index in [1.807, 2.05) is 6.92 Å². The van der Waals surface area contributed by atoms with E-state index in [4.69, 9.17) is 17.3 Å². The Labute approximate surface area is 101 Å². The lowest BCUT2D eigenvalue weighted by Gasteiger charge is -2.14. The van der Waals surface area contributed by atoms with Crippen LogP contribution in [0, 0.1) is 5.82 Å². The van der Waals surface area contributed by atoms with Gasteiger partial charge < -0.3 is 5.73 Å². The summed E-state index contributed by atoms with van der Waals surface area (Å²) in [5, 5.41) is 0.374. The third kappa shape index (κ3) is 3.82. The average molecular weight is 250 g/mol. The molecule has 0 unspecified atom stereocenters. The van der Waals surface area contributed by atoms with E-state index in [-0.39, 0.29) is 18.2 Å². The monoisotopic (exact) mass is 249 g/mol. The number of rotatable bonds is 3. The zero-order valence-electron chi connectivity index (χ0n) is 8.47. The molecule has 0 aliphatic heterocycles. The summed E-state index contributed by atoms with van der Waals surface area (Å²) in [7, 11) is 0. The van der Waals surface area contributed by atoms with Gasteiger partial charge in [-0.25, -0.2) is 4.39 Å². The molecule has 4 heteroatoms. The Balaban J connectivity index is 0.00000196. The van der Waals surface area contributed by atoms with Gasteiger partial charge in [0, 0.05) is 16.6 Å². The SMILES string of the molecule is C=C(C)C[C@@H](N)c1c(F)cccc1Cl.Cl. The van der Waals surface area contributed by atoms with Crippen LogP contribution in [0.2, 0.25) is 5.02 Å². The van der Waals surface area contributed by atoms with E-state index in [0.717, 1.165) is 5.57 Å². The molecule has 0 heterocycles. The Morgan fingerprint density at radius 1 is 1.60 bits per heavy atom. The van der Waals surface area contributed by atoms with Crippen LogP contribution >= 0.6 is 24.0 Å². The molecule has 0 radical (unpaired) electrons.